The molecule has 8 nitrogen and oxygen atoms in total. The molecule has 3 rings (SSSR count). The van der Waals surface area contributed by atoms with Gasteiger partial charge in [-0.3, -0.25) is 19.1 Å². The predicted molar refractivity (Wildman–Crippen MR) is 114 cm³/mol. The highest BCUT2D eigenvalue weighted by atomic mass is 16.2. The number of rotatable bonds is 6. The van der Waals surface area contributed by atoms with Crippen LogP contribution in [0.1, 0.15) is 47.2 Å². The molecule has 0 fully saturated rings. The molecule has 1 heterocycles. The van der Waals surface area contributed by atoms with Crippen LogP contribution in [0.15, 0.2) is 48.5 Å². The van der Waals surface area contributed by atoms with Gasteiger partial charge in [-0.2, -0.15) is 5.10 Å². The molecule has 0 radical (unpaired) electrons. The van der Waals surface area contributed by atoms with Gasteiger partial charge < -0.3 is 16.8 Å². The van der Waals surface area contributed by atoms with E-state index in [1.54, 1.807) is 28.9 Å². The maximum atomic E-state index is 13.0. The molecule has 0 saturated heterocycles. The highest BCUT2D eigenvalue weighted by molar-refractivity contribution is 6.06. The van der Waals surface area contributed by atoms with Gasteiger partial charge in [0.15, 0.2) is 5.69 Å². The summed E-state index contributed by atoms with van der Waals surface area (Å²) in [5.41, 5.74) is 12.5. The van der Waals surface area contributed by atoms with Gasteiger partial charge in [0.05, 0.1) is 12.1 Å². The number of aromatic nitrogens is 2. The summed E-state index contributed by atoms with van der Waals surface area (Å²) in [6, 6.07) is 13.4. The number of hydrogen-bond acceptors (Lipinski definition) is 4. The largest absolute Gasteiger partial charge is 0.368 e. The summed E-state index contributed by atoms with van der Waals surface area (Å²) < 4.78 is 1.68. The van der Waals surface area contributed by atoms with Crippen LogP contribution in [-0.2, 0) is 11.3 Å². The Morgan fingerprint density at radius 2 is 1.77 bits per heavy atom. The molecule has 8 heteroatoms. The Bertz CT molecular complexity index is 1130. The second kappa shape index (κ2) is 7.98. The third-order valence-corrected chi connectivity index (χ3v) is 4.84. The van der Waals surface area contributed by atoms with Crippen molar-refractivity contribution in [3.8, 4) is 0 Å². The first-order valence-electron chi connectivity index (χ1n) is 9.52. The van der Waals surface area contributed by atoms with Crippen LogP contribution in [0, 0.1) is 5.41 Å². The van der Waals surface area contributed by atoms with Crippen LogP contribution < -0.4 is 16.8 Å². The quantitative estimate of drug-likeness (QED) is 0.575. The molecule has 0 spiro atoms. The predicted octanol–water partition coefficient (Wildman–Crippen LogP) is 1.81. The molecule has 3 aromatic rings. The van der Waals surface area contributed by atoms with Crippen molar-refractivity contribution in [3.63, 3.8) is 0 Å². The number of para-hydroxylation sites is 1. The lowest BCUT2D eigenvalue weighted by Crippen LogP contribution is -2.52. The smallest absolute Gasteiger partial charge is 0.273 e. The monoisotopic (exact) mass is 407 g/mol. The molecule has 3 amide bonds. The Balaban J connectivity index is 1.98. The number of benzene rings is 2. The fraction of sp³-hybridized carbons (Fsp3) is 0.273. The summed E-state index contributed by atoms with van der Waals surface area (Å²) >= 11 is 0. The second-order valence-electron chi connectivity index (χ2n) is 8.26. The summed E-state index contributed by atoms with van der Waals surface area (Å²) in [6.45, 7) is 5.81. The highest BCUT2D eigenvalue weighted by Gasteiger charge is 2.32. The minimum Gasteiger partial charge on any atom is -0.368 e. The van der Waals surface area contributed by atoms with Gasteiger partial charge in [0.2, 0.25) is 11.8 Å². The first kappa shape index (κ1) is 21.0. The zero-order chi connectivity index (χ0) is 22.1. The molecular formula is C22H25N5O3. The molecule has 0 aliphatic carbocycles. The van der Waals surface area contributed by atoms with Gasteiger partial charge in [-0.15, -0.1) is 0 Å². The van der Waals surface area contributed by atoms with Gasteiger partial charge in [-0.1, -0.05) is 51.1 Å². The average Bonchev–Trinajstić information content (AvgIpc) is 3.03. The normalized spacial score (nSPS) is 12.5. The van der Waals surface area contributed by atoms with Crippen molar-refractivity contribution in [3.05, 3.63) is 65.4 Å². The molecular weight excluding hydrogens is 382 g/mol. The van der Waals surface area contributed by atoms with E-state index >= 15 is 0 Å². The minimum atomic E-state index is -0.846. The zero-order valence-corrected chi connectivity index (χ0v) is 17.2. The number of primary amides is 2. The molecule has 2 aromatic carbocycles. The molecule has 156 valence electrons. The summed E-state index contributed by atoms with van der Waals surface area (Å²) in [6.07, 6.45) is 0. The summed E-state index contributed by atoms with van der Waals surface area (Å²) in [5, 5.41) is 7.86. The topological polar surface area (TPSA) is 133 Å². The van der Waals surface area contributed by atoms with Crippen LogP contribution in [0.5, 0.6) is 0 Å². The van der Waals surface area contributed by atoms with Crippen molar-refractivity contribution >= 4 is 28.6 Å². The van der Waals surface area contributed by atoms with Crippen LogP contribution in [0.2, 0.25) is 0 Å². The number of nitrogens with one attached hydrogen (secondary N) is 1. The standard InChI is InChI=1S/C22H25N5O3/c1-22(2,3)18(20(24)29)25-21(30)17-15-9-4-5-10-16(15)27(26-17)12-13-7-6-8-14(11-13)19(23)28/h4-11,18H,12H2,1-3H3,(H2,23,28)(H2,24,29)(H,25,30)/t18-/m1/s1. The fourth-order valence-electron chi connectivity index (χ4n) is 3.33. The van der Waals surface area contributed by atoms with E-state index in [2.05, 4.69) is 10.4 Å². The lowest BCUT2D eigenvalue weighted by molar-refractivity contribution is -0.122. The van der Waals surface area contributed by atoms with Crippen molar-refractivity contribution in [2.24, 2.45) is 16.9 Å². The van der Waals surface area contributed by atoms with Gasteiger partial charge in [0.25, 0.3) is 5.91 Å². The van der Waals surface area contributed by atoms with Crippen molar-refractivity contribution in [2.75, 3.05) is 0 Å². The highest BCUT2D eigenvalue weighted by Crippen LogP contribution is 2.23. The van der Waals surface area contributed by atoms with E-state index in [4.69, 9.17) is 11.5 Å². The summed E-state index contributed by atoms with van der Waals surface area (Å²) in [7, 11) is 0. The van der Waals surface area contributed by atoms with Gasteiger partial charge >= 0.3 is 0 Å². The van der Waals surface area contributed by atoms with Crippen LogP contribution in [-0.4, -0.2) is 33.5 Å². The van der Waals surface area contributed by atoms with Crippen LogP contribution >= 0.6 is 0 Å². The van der Waals surface area contributed by atoms with E-state index < -0.39 is 29.2 Å². The van der Waals surface area contributed by atoms with Crippen LogP contribution in [0.25, 0.3) is 10.9 Å². The number of amides is 3. The number of carbonyl (C=O) groups is 3. The maximum Gasteiger partial charge on any atom is 0.273 e. The molecule has 0 bridgehead atoms. The van der Waals surface area contributed by atoms with Gasteiger partial charge in [-0.25, -0.2) is 0 Å². The van der Waals surface area contributed by atoms with Gasteiger partial charge in [0, 0.05) is 10.9 Å². The third kappa shape index (κ3) is 4.32. The first-order chi connectivity index (χ1) is 14.1. The van der Waals surface area contributed by atoms with Gasteiger partial charge in [-0.05, 0) is 29.2 Å². The van der Waals surface area contributed by atoms with Crippen molar-refractivity contribution in [1.82, 2.24) is 15.1 Å². The Morgan fingerprint density at radius 1 is 1.07 bits per heavy atom. The van der Waals surface area contributed by atoms with Crippen molar-refractivity contribution < 1.29 is 14.4 Å². The maximum absolute atomic E-state index is 13.0. The van der Waals surface area contributed by atoms with E-state index in [0.29, 0.717) is 17.5 Å². The van der Waals surface area contributed by atoms with Crippen LogP contribution in [0.4, 0.5) is 0 Å². The number of nitrogens with two attached hydrogens (primary N) is 2. The Kier molecular flexibility index (Phi) is 5.60. The molecule has 1 atom stereocenters. The fourth-order valence-corrected chi connectivity index (χ4v) is 3.33. The van der Waals surface area contributed by atoms with E-state index in [1.807, 2.05) is 45.0 Å². The number of hydrogen-bond donors (Lipinski definition) is 3. The molecule has 1 aromatic heterocycles. The number of fused-ring (bicyclic) bond motifs is 1. The third-order valence-electron chi connectivity index (χ3n) is 4.84. The van der Waals surface area contributed by atoms with E-state index in [0.717, 1.165) is 11.1 Å². The lowest BCUT2D eigenvalue weighted by atomic mass is 9.86. The summed E-state index contributed by atoms with van der Waals surface area (Å²) in [4.78, 5) is 36.3. The minimum absolute atomic E-state index is 0.201. The molecule has 5 N–H and O–H groups in total. The molecule has 0 aliphatic heterocycles. The molecule has 0 saturated carbocycles. The Hall–Kier alpha value is -3.68. The molecule has 0 aliphatic rings. The average molecular weight is 407 g/mol. The van der Waals surface area contributed by atoms with E-state index in [1.165, 1.54) is 0 Å². The zero-order valence-electron chi connectivity index (χ0n) is 17.2. The molecule has 0 unspecified atom stereocenters. The Labute approximate surface area is 174 Å². The van der Waals surface area contributed by atoms with Crippen LogP contribution in [0.3, 0.4) is 0 Å². The first-order valence-corrected chi connectivity index (χ1v) is 9.52. The van der Waals surface area contributed by atoms with Gasteiger partial charge in [0.1, 0.15) is 6.04 Å². The van der Waals surface area contributed by atoms with Crippen molar-refractivity contribution in [2.45, 2.75) is 33.4 Å². The summed E-state index contributed by atoms with van der Waals surface area (Å²) in [5.74, 6) is -1.60. The Morgan fingerprint density at radius 3 is 2.40 bits per heavy atom. The van der Waals surface area contributed by atoms with Crippen molar-refractivity contribution in [1.29, 1.82) is 0 Å². The van der Waals surface area contributed by atoms with E-state index in [-0.39, 0.29) is 5.69 Å². The lowest BCUT2D eigenvalue weighted by Gasteiger charge is -2.28. The number of carbonyl (C=O) groups excluding carboxylic acids is 3. The number of nitrogens with zero attached hydrogens (tertiary/aromatic N) is 2. The SMILES string of the molecule is CC(C)(C)[C@H](NC(=O)c1nn(Cc2cccc(C(N)=O)c2)c2ccccc12)C(N)=O. The molecule has 30 heavy (non-hydrogen) atoms. The van der Waals surface area contributed by atoms with E-state index in [9.17, 15) is 14.4 Å². The second-order valence-corrected chi connectivity index (χ2v) is 8.26.